The summed E-state index contributed by atoms with van der Waals surface area (Å²) in [6.45, 7) is 0. The van der Waals surface area contributed by atoms with Crippen LogP contribution in [0.4, 0.5) is 10.5 Å². The quantitative estimate of drug-likeness (QED) is 0.591. The van der Waals surface area contributed by atoms with Gasteiger partial charge in [-0.3, -0.25) is 4.79 Å². The fraction of sp³-hybridized carbons (Fsp3) is 0.182. The summed E-state index contributed by atoms with van der Waals surface area (Å²) in [4.78, 5) is 33.3. The van der Waals surface area contributed by atoms with Gasteiger partial charge >= 0.3 is 12.0 Å². The first-order chi connectivity index (χ1) is 9.29. The zero-order valence-corrected chi connectivity index (χ0v) is 13.2. The molecule has 0 spiro atoms. The van der Waals surface area contributed by atoms with Gasteiger partial charge in [0.2, 0.25) is 5.91 Å². The Labute approximate surface area is 131 Å². The molecule has 3 amide bonds. The molecule has 0 aliphatic heterocycles. The van der Waals surface area contributed by atoms with Crippen molar-refractivity contribution < 1.29 is 19.5 Å². The van der Waals surface area contributed by atoms with Gasteiger partial charge in [0.05, 0.1) is 12.1 Å². The van der Waals surface area contributed by atoms with Crippen molar-refractivity contribution in [3.05, 3.63) is 27.1 Å². The Morgan fingerprint density at radius 3 is 2.45 bits per heavy atom. The molecule has 1 aromatic carbocycles. The minimum atomic E-state index is -1.37. The normalized spacial score (nSPS) is 11.5. The van der Waals surface area contributed by atoms with Gasteiger partial charge in [-0.15, -0.1) is 0 Å². The molecular formula is C11H11Br2N3O4. The number of benzene rings is 1. The average Bonchev–Trinajstić information content (AvgIpc) is 2.31. The van der Waals surface area contributed by atoms with Crippen molar-refractivity contribution in [1.29, 1.82) is 0 Å². The van der Waals surface area contributed by atoms with Crippen molar-refractivity contribution in [2.24, 2.45) is 5.73 Å². The summed E-state index contributed by atoms with van der Waals surface area (Å²) in [5.41, 5.74) is 5.37. The topological polar surface area (TPSA) is 122 Å². The van der Waals surface area contributed by atoms with Crippen molar-refractivity contribution in [3.63, 3.8) is 0 Å². The summed E-state index contributed by atoms with van der Waals surface area (Å²) in [6.07, 6.45) is -0.482. The van der Waals surface area contributed by atoms with Crippen molar-refractivity contribution in [3.8, 4) is 0 Å². The maximum Gasteiger partial charge on any atom is 0.326 e. The SMILES string of the molecule is NC(=O)CC(NC(=O)Nc1ccc(Br)cc1Br)C(=O)O. The van der Waals surface area contributed by atoms with E-state index in [1.165, 1.54) is 0 Å². The molecule has 0 aliphatic rings. The monoisotopic (exact) mass is 407 g/mol. The van der Waals surface area contributed by atoms with Crippen LogP contribution in [0.5, 0.6) is 0 Å². The molecule has 0 bridgehead atoms. The Bertz CT molecular complexity index is 550. The molecule has 0 saturated heterocycles. The number of primary amides is 1. The van der Waals surface area contributed by atoms with E-state index in [1.807, 2.05) is 0 Å². The molecule has 9 heteroatoms. The van der Waals surface area contributed by atoms with Crippen molar-refractivity contribution >= 4 is 55.5 Å². The van der Waals surface area contributed by atoms with Crippen LogP contribution in [-0.4, -0.2) is 29.1 Å². The fourth-order valence-corrected chi connectivity index (χ4v) is 2.45. The third-order valence-electron chi connectivity index (χ3n) is 2.19. The number of rotatable bonds is 5. The molecule has 5 N–H and O–H groups in total. The first-order valence-corrected chi connectivity index (χ1v) is 6.92. The Morgan fingerprint density at radius 2 is 1.95 bits per heavy atom. The van der Waals surface area contributed by atoms with Gasteiger partial charge in [0.25, 0.3) is 0 Å². The second-order valence-electron chi connectivity index (χ2n) is 3.78. The van der Waals surface area contributed by atoms with E-state index in [0.29, 0.717) is 10.2 Å². The zero-order chi connectivity index (χ0) is 15.3. The highest BCUT2D eigenvalue weighted by Crippen LogP contribution is 2.25. The number of urea groups is 1. The molecule has 0 saturated carbocycles. The molecular weight excluding hydrogens is 398 g/mol. The van der Waals surface area contributed by atoms with Crippen molar-refractivity contribution in [2.45, 2.75) is 12.5 Å². The number of anilines is 1. The zero-order valence-electron chi connectivity index (χ0n) is 10.0. The number of aliphatic carboxylic acids is 1. The number of nitrogens with two attached hydrogens (primary N) is 1. The first-order valence-electron chi connectivity index (χ1n) is 5.33. The maximum atomic E-state index is 11.7. The molecule has 0 radical (unpaired) electrons. The Balaban J connectivity index is 2.70. The van der Waals surface area contributed by atoms with Crippen LogP contribution in [0.1, 0.15) is 6.42 Å². The van der Waals surface area contributed by atoms with Crippen LogP contribution in [0.3, 0.4) is 0 Å². The highest BCUT2D eigenvalue weighted by atomic mass is 79.9. The van der Waals surface area contributed by atoms with Gasteiger partial charge in [-0.2, -0.15) is 0 Å². The number of carboxylic acids is 1. The Morgan fingerprint density at radius 1 is 1.30 bits per heavy atom. The van der Waals surface area contributed by atoms with E-state index < -0.39 is 30.4 Å². The van der Waals surface area contributed by atoms with E-state index in [1.54, 1.807) is 18.2 Å². The lowest BCUT2D eigenvalue weighted by atomic mass is 10.2. The third kappa shape index (κ3) is 5.17. The van der Waals surface area contributed by atoms with Gasteiger partial charge in [0.15, 0.2) is 0 Å². The molecule has 1 unspecified atom stereocenters. The second kappa shape index (κ2) is 7.25. The smallest absolute Gasteiger partial charge is 0.326 e. The minimum Gasteiger partial charge on any atom is -0.480 e. The summed E-state index contributed by atoms with van der Waals surface area (Å²) in [5, 5.41) is 13.5. The molecule has 20 heavy (non-hydrogen) atoms. The van der Waals surface area contributed by atoms with E-state index in [-0.39, 0.29) is 0 Å². The lowest BCUT2D eigenvalue weighted by Gasteiger charge is -2.14. The van der Waals surface area contributed by atoms with Gasteiger partial charge in [0, 0.05) is 8.95 Å². The van der Waals surface area contributed by atoms with Gasteiger partial charge in [0.1, 0.15) is 6.04 Å². The summed E-state index contributed by atoms with van der Waals surface area (Å²) in [6, 6.07) is 2.92. The number of carbonyl (C=O) groups is 3. The van der Waals surface area contributed by atoms with E-state index >= 15 is 0 Å². The number of halogens is 2. The molecule has 0 fully saturated rings. The summed E-state index contributed by atoms with van der Waals surface area (Å²) < 4.78 is 1.43. The fourth-order valence-electron chi connectivity index (χ4n) is 1.31. The molecule has 1 aromatic rings. The van der Waals surface area contributed by atoms with Crippen LogP contribution in [0.25, 0.3) is 0 Å². The molecule has 0 heterocycles. The first kappa shape index (κ1) is 16.4. The summed E-state index contributed by atoms with van der Waals surface area (Å²) in [5.74, 6) is -2.16. The number of amides is 3. The van der Waals surface area contributed by atoms with Crippen LogP contribution < -0.4 is 16.4 Å². The highest BCUT2D eigenvalue weighted by Gasteiger charge is 2.22. The molecule has 7 nitrogen and oxygen atoms in total. The van der Waals surface area contributed by atoms with Crippen LogP contribution in [0.15, 0.2) is 27.1 Å². The molecule has 0 aromatic heterocycles. The number of carboxylic acid groups (broad SMARTS) is 1. The van der Waals surface area contributed by atoms with E-state index in [4.69, 9.17) is 10.8 Å². The molecule has 1 atom stereocenters. The largest absolute Gasteiger partial charge is 0.480 e. The molecule has 1 rings (SSSR count). The third-order valence-corrected chi connectivity index (χ3v) is 3.34. The number of carbonyl (C=O) groups excluding carboxylic acids is 2. The van der Waals surface area contributed by atoms with Crippen LogP contribution in [0, 0.1) is 0 Å². The number of nitrogens with one attached hydrogen (secondary N) is 2. The highest BCUT2D eigenvalue weighted by molar-refractivity contribution is 9.11. The van der Waals surface area contributed by atoms with Crippen LogP contribution >= 0.6 is 31.9 Å². The van der Waals surface area contributed by atoms with E-state index in [9.17, 15) is 14.4 Å². The summed E-state index contributed by atoms with van der Waals surface area (Å²) in [7, 11) is 0. The second-order valence-corrected chi connectivity index (χ2v) is 5.55. The lowest BCUT2D eigenvalue weighted by Crippen LogP contribution is -2.45. The number of hydrogen-bond acceptors (Lipinski definition) is 3. The maximum absolute atomic E-state index is 11.7. The van der Waals surface area contributed by atoms with Crippen molar-refractivity contribution in [2.75, 3.05) is 5.32 Å². The predicted octanol–water partition coefficient (Wildman–Crippen LogP) is 1.66. The Hall–Kier alpha value is -1.61. The molecule has 0 aliphatic carbocycles. The Kier molecular flexibility index (Phi) is 5.96. The van der Waals surface area contributed by atoms with Gasteiger partial charge in [-0.05, 0) is 34.1 Å². The van der Waals surface area contributed by atoms with Crippen LogP contribution in [0.2, 0.25) is 0 Å². The van der Waals surface area contributed by atoms with Gasteiger partial charge in [-0.25, -0.2) is 9.59 Å². The molecule has 108 valence electrons. The van der Waals surface area contributed by atoms with Crippen molar-refractivity contribution in [1.82, 2.24) is 5.32 Å². The average molecular weight is 409 g/mol. The minimum absolute atomic E-state index is 0.453. The van der Waals surface area contributed by atoms with E-state index in [2.05, 4.69) is 42.5 Å². The predicted molar refractivity (Wildman–Crippen MR) is 79.2 cm³/mol. The van der Waals surface area contributed by atoms with Gasteiger partial charge < -0.3 is 21.5 Å². The standard InChI is InChI=1S/C11H11Br2N3O4/c12-5-1-2-7(6(13)3-5)15-11(20)16-8(10(18)19)4-9(14)17/h1-3,8H,4H2,(H2,14,17)(H,18,19)(H2,15,16,20). The van der Waals surface area contributed by atoms with E-state index in [0.717, 1.165) is 4.47 Å². The van der Waals surface area contributed by atoms with Crippen LogP contribution in [-0.2, 0) is 9.59 Å². The van der Waals surface area contributed by atoms with Gasteiger partial charge in [-0.1, -0.05) is 15.9 Å². The summed E-state index contributed by atoms with van der Waals surface area (Å²) >= 11 is 6.51. The number of hydrogen-bond donors (Lipinski definition) is 4. The lowest BCUT2D eigenvalue weighted by molar-refractivity contribution is -0.140.